The Kier molecular flexibility index (Phi) is 4.66. The van der Waals surface area contributed by atoms with Crippen LogP contribution in [-0.2, 0) is 14.4 Å². The maximum absolute atomic E-state index is 11.9. The van der Waals surface area contributed by atoms with E-state index in [1.165, 1.54) is 4.90 Å². The van der Waals surface area contributed by atoms with Crippen LogP contribution in [0.3, 0.4) is 0 Å². The van der Waals surface area contributed by atoms with Crippen molar-refractivity contribution in [3.63, 3.8) is 0 Å². The molecule has 0 aromatic rings. The molecule has 18 heavy (non-hydrogen) atoms. The van der Waals surface area contributed by atoms with Gasteiger partial charge in [0.05, 0.1) is 11.8 Å². The second-order valence-corrected chi connectivity index (χ2v) is 4.60. The van der Waals surface area contributed by atoms with Crippen LogP contribution < -0.4 is 5.73 Å². The number of carbonyl (C=O) groups is 3. The van der Waals surface area contributed by atoms with Gasteiger partial charge in [-0.2, -0.15) is 0 Å². The van der Waals surface area contributed by atoms with Gasteiger partial charge in [0, 0.05) is 25.6 Å². The van der Waals surface area contributed by atoms with Crippen molar-refractivity contribution in [2.24, 2.45) is 23.5 Å². The number of carboxylic acid groups (broad SMARTS) is 2. The summed E-state index contributed by atoms with van der Waals surface area (Å²) in [5.41, 5.74) is 5.39. The van der Waals surface area contributed by atoms with Gasteiger partial charge in [-0.15, -0.1) is 0 Å². The summed E-state index contributed by atoms with van der Waals surface area (Å²) in [7, 11) is 0. The minimum absolute atomic E-state index is 0.0600. The molecular formula is C11H18N2O5. The van der Waals surface area contributed by atoms with Crippen molar-refractivity contribution in [3.8, 4) is 0 Å². The van der Waals surface area contributed by atoms with Gasteiger partial charge >= 0.3 is 11.9 Å². The van der Waals surface area contributed by atoms with Crippen LogP contribution in [0.5, 0.6) is 0 Å². The molecule has 3 atom stereocenters. The van der Waals surface area contributed by atoms with Gasteiger partial charge in [-0.1, -0.05) is 6.92 Å². The quantitative estimate of drug-likeness (QED) is 0.608. The van der Waals surface area contributed by atoms with Gasteiger partial charge in [-0.25, -0.2) is 0 Å². The lowest BCUT2D eigenvalue weighted by atomic mass is 9.85. The van der Waals surface area contributed by atoms with E-state index < -0.39 is 23.8 Å². The van der Waals surface area contributed by atoms with E-state index in [2.05, 4.69) is 0 Å². The maximum atomic E-state index is 11.9. The van der Waals surface area contributed by atoms with Crippen molar-refractivity contribution in [1.29, 1.82) is 0 Å². The van der Waals surface area contributed by atoms with E-state index in [1.54, 1.807) is 6.92 Å². The summed E-state index contributed by atoms with van der Waals surface area (Å²) < 4.78 is 0. The highest BCUT2D eigenvalue weighted by Gasteiger charge is 2.40. The molecule has 0 aromatic heterocycles. The lowest BCUT2D eigenvalue weighted by Gasteiger charge is -2.35. The smallest absolute Gasteiger partial charge is 0.309 e. The molecular weight excluding hydrogens is 240 g/mol. The lowest BCUT2D eigenvalue weighted by Crippen LogP contribution is -2.50. The molecule has 1 saturated heterocycles. The third-order valence-corrected chi connectivity index (χ3v) is 3.33. The fourth-order valence-corrected chi connectivity index (χ4v) is 2.11. The van der Waals surface area contributed by atoms with Crippen LogP contribution in [0.2, 0.25) is 0 Å². The Balaban J connectivity index is 2.77. The maximum Gasteiger partial charge on any atom is 0.309 e. The number of hydrogen-bond acceptors (Lipinski definition) is 4. The minimum atomic E-state index is -1.18. The fourth-order valence-electron chi connectivity index (χ4n) is 2.11. The summed E-state index contributed by atoms with van der Waals surface area (Å²) in [5.74, 6) is -4.88. The Morgan fingerprint density at radius 2 is 1.83 bits per heavy atom. The van der Waals surface area contributed by atoms with Crippen molar-refractivity contribution in [2.45, 2.75) is 13.3 Å². The predicted molar refractivity (Wildman–Crippen MR) is 61.7 cm³/mol. The fraction of sp³-hybridized carbons (Fsp3) is 0.727. The molecule has 0 saturated carbocycles. The summed E-state index contributed by atoms with van der Waals surface area (Å²) in [4.78, 5) is 35.3. The summed E-state index contributed by atoms with van der Waals surface area (Å²) in [6, 6.07) is 0. The molecule has 1 aliphatic rings. The Morgan fingerprint density at radius 1 is 1.28 bits per heavy atom. The first-order valence-corrected chi connectivity index (χ1v) is 5.83. The molecule has 0 radical (unpaired) electrons. The molecule has 102 valence electrons. The molecule has 7 nitrogen and oxygen atoms in total. The Labute approximate surface area is 105 Å². The van der Waals surface area contributed by atoms with Gasteiger partial charge in [0.1, 0.15) is 0 Å². The number of piperidine rings is 1. The molecule has 1 aliphatic heterocycles. The number of carbonyl (C=O) groups excluding carboxylic acids is 1. The van der Waals surface area contributed by atoms with Crippen LogP contribution in [0.25, 0.3) is 0 Å². The number of nitrogens with two attached hydrogens (primary N) is 1. The molecule has 1 heterocycles. The number of nitrogens with zero attached hydrogens (tertiary/aromatic N) is 1. The zero-order valence-electron chi connectivity index (χ0n) is 10.2. The highest BCUT2D eigenvalue weighted by atomic mass is 16.4. The molecule has 7 heteroatoms. The van der Waals surface area contributed by atoms with Crippen LogP contribution in [0, 0.1) is 17.8 Å². The van der Waals surface area contributed by atoms with Gasteiger partial charge in [0.25, 0.3) is 0 Å². The third-order valence-electron chi connectivity index (χ3n) is 3.33. The average Bonchev–Trinajstić information content (AvgIpc) is 2.35. The third kappa shape index (κ3) is 2.98. The van der Waals surface area contributed by atoms with Gasteiger partial charge in [0.15, 0.2) is 0 Å². The van der Waals surface area contributed by atoms with E-state index in [-0.39, 0.29) is 37.9 Å². The summed E-state index contributed by atoms with van der Waals surface area (Å²) in [5, 5.41) is 18.0. The number of amides is 1. The lowest BCUT2D eigenvalue weighted by molar-refractivity contribution is -0.159. The molecule has 1 amide bonds. The van der Waals surface area contributed by atoms with E-state index in [4.69, 9.17) is 15.9 Å². The molecule has 3 unspecified atom stereocenters. The number of aliphatic carboxylic acids is 2. The van der Waals surface area contributed by atoms with E-state index in [9.17, 15) is 14.4 Å². The van der Waals surface area contributed by atoms with Crippen LogP contribution in [0.15, 0.2) is 0 Å². The van der Waals surface area contributed by atoms with E-state index in [0.29, 0.717) is 0 Å². The number of hydrogen-bond donors (Lipinski definition) is 3. The Hall–Kier alpha value is -1.63. The SMILES string of the molecule is CC(CN)C(=O)N1CCC(C(=O)O)C(C(=O)O)C1. The molecule has 1 rings (SSSR count). The van der Waals surface area contributed by atoms with Crippen LogP contribution >= 0.6 is 0 Å². The van der Waals surface area contributed by atoms with Gasteiger partial charge in [-0.05, 0) is 6.42 Å². The standard InChI is InChI=1S/C11H18N2O5/c1-6(4-12)9(14)13-3-2-7(10(15)16)8(5-13)11(17)18/h6-8H,2-5,12H2,1H3,(H,15,16)(H,17,18). The molecule has 0 bridgehead atoms. The van der Waals surface area contributed by atoms with Crippen molar-refractivity contribution in [2.75, 3.05) is 19.6 Å². The first kappa shape index (κ1) is 14.4. The molecule has 0 aliphatic carbocycles. The number of likely N-dealkylation sites (tertiary alicyclic amines) is 1. The second kappa shape index (κ2) is 5.81. The van der Waals surface area contributed by atoms with Crippen molar-refractivity contribution < 1.29 is 24.6 Å². The minimum Gasteiger partial charge on any atom is -0.481 e. The summed E-state index contributed by atoms with van der Waals surface area (Å²) >= 11 is 0. The zero-order chi connectivity index (χ0) is 13.9. The monoisotopic (exact) mass is 258 g/mol. The van der Waals surface area contributed by atoms with Gasteiger partial charge in [-0.3, -0.25) is 14.4 Å². The van der Waals surface area contributed by atoms with Crippen LogP contribution in [-0.4, -0.2) is 52.6 Å². The van der Waals surface area contributed by atoms with Crippen molar-refractivity contribution >= 4 is 17.8 Å². The highest BCUT2D eigenvalue weighted by molar-refractivity contribution is 5.83. The van der Waals surface area contributed by atoms with Crippen molar-refractivity contribution in [3.05, 3.63) is 0 Å². The second-order valence-electron chi connectivity index (χ2n) is 4.60. The largest absolute Gasteiger partial charge is 0.481 e. The number of carboxylic acids is 2. The molecule has 0 spiro atoms. The Bertz CT molecular complexity index is 357. The summed E-state index contributed by atoms with van der Waals surface area (Å²) in [6.45, 7) is 2.07. The topological polar surface area (TPSA) is 121 Å². The first-order valence-electron chi connectivity index (χ1n) is 5.83. The van der Waals surface area contributed by atoms with Crippen LogP contribution in [0.1, 0.15) is 13.3 Å². The predicted octanol–water partition coefficient (Wildman–Crippen LogP) is -0.785. The Morgan fingerprint density at radius 3 is 2.28 bits per heavy atom. The van der Waals surface area contributed by atoms with E-state index >= 15 is 0 Å². The zero-order valence-corrected chi connectivity index (χ0v) is 10.2. The normalized spacial score (nSPS) is 25.6. The molecule has 0 aromatic carbocycles. The molecule has 1 fully saturated rings. The first-order chi connectivity index (χ1) is 8.38. The molecule has 4 N–H and O–H groups in total. The van der Waals surface area contributed by atoms with E-state index in [1.807, 2.05) is 0 Å². The number of rotatable bonds is 4. The van der Waals surface area contributed by atoms with E-state index in [0.717, 1.165) is 0 Å². The summed E-state index contributed by atoms with van der Waals surface area (Å²) in [6.07, 6.45) is 0.162. The van der Waals surface area contributed by atoms with Gasteiger partial charge < -0.3 is 20.8 Å². The van der Waals surface area contributed by atoms with Gasteiger partial charge in [0.2, 0.25) is 5.91 Å². The highest BCUT2D eigenvalue weighted by Crippen LogP contribution is 2.25. The van der Waals surface area contributed by atoms with Crippen molar-refractivity contribution in [1.82, 2.24) is 4.90 Å². The van der Waals surface area contributed by atoms with Crippen LogP contribution in [0.4, 0.5) is 0 Å². The average molecular weight is 258 g/mol.